The third-order valence-corrected chi connectivity index (χ3v) is 3.65. The van der Waals surface area contributed by atoms with Crippen LogP contribution in [-0.2, 0) is 0 Å². The Bertz CT molecular complexity index is 509. The maximum absolute atomic E-state index is 12.4. The standard InChI is InChI=1S/C18H27F3N2O/c1-5-23(12-11-18(19,20)21)16(24)22-15(13-17(2,3)4)14-9-7-6-8-10-14/h6-10,15H,5,11-13H2,1-4H3,(H,22,24). The molecule has 136 valence electrons. The van der Waals surface area contributed by atoms with Crippen LogP contribution in [0.25, 0.3) is 0 Å². The van der Waals surface area contributed by atoms with Gasteiger partial charge in [0.1, 0.15) is 0 Å². The topological polar surface area (TPSA) is 32.3 Å². The fourth-order valence-corrected chi connectivity index (χ4v) is 2.46. The first-order valence-corrected chi connectivity index (χ1v) is 8.19. The fourth-order valence-electron chi connectivity index (χ4n) is 2.46. The van der Waals surface area contributed by atoms with Crippen LogP contribution in [0.2, 0.25) is 0 Å². The third-order valence-electron chi connectivity index (χ3n) is 3.65. The molecule has 0 bridgehead atoms. The van der Waals surface area contributed by atoms with Gasteiger partial charge in [0.15, 0.2) is 0 Å². The van der Waals surface area contributed by atoms with Gasteiger partial charge in [0.05, 0.1) is 12.5 Å². The Hall–Kier alpha value is -1.72. The van der Waals surface area contributed by atoms with Crippen LogP contribution >= 0.6 is 0 Å². The summed E-state index contributed by atoms with van der Waals surface area (Å²) in [5, 5.41) is 2.90. The van der Waals surface area contributed by atoms with Crippen molar-refractivity contribution in [2.45, 2.75) is 52.8 Å². The van der Waals surface area contributed by atoms with Gasteiger partial charge in [-0.15, -0.1) is 0 Å². The molecule has 0 aromatic heterocycles. The predicted molar refractivity (Wildman–Crippen MR) is 89.7 cm³/mol. The summed E-state index contributed by atoms with van der Waals surface area (Å²) in [6.07, 6.45) is -4.57. The number of hydrogen-bond acceptors (Lipinski definition) is 1. The van der Waals surface area contributed by atoms with E-state index in [4.69, 9.17) is 0 Å². The van der Waals surface area contributed by atoms with Gasteiger partial charge in [-0.3, -0.25) is 0 Å². The molecule has 1 aromatic carbocycles. The Labute approximate surface area is 142 Å². The van der Waals surface area contributed by atoms with Crippen LogP contribution in [0.3, 0.4) is 0 Å². The lowest BCUT2D eigenvalue weighted by atomic mass is 9.85. The Morgan fingerprint density at radius 2 is 1.75 bits per heavy atom. The smallest absolute Gasteiger partial charge is 0.331 e. The highest BCUT2D eigenvalue weighted by Crippen LogP contribution is 2.29. The zero-order chi connectivity index (χ0) is 18.4. The van der Waals surface area contributed by atoms with Crippen molar-refractivity contribution >= 4 is 6.03 Å². The maximum Gasteiger partial charge on any atom is 0.390 e. The van der Waals surface area contributed by atoms with Crippen molar-refractivity contribution in [2.75, 3.05) is 13.1 Å². The minimum atomic E-state index is -4.27. The molecule has 1 aromatic rings. The zero-order valence-electron chi connectivity index (χ0n) is 14.8. The highest BCUT2D eigenvalue weighted by atomic mass is 19.4. The second-order valence-corrected chi connectivity index (χ2v) is 7.12. The highest BCUT2D eigenvalue weighted by Gasteiger charge is 2.29. The van der Waals surface area contributed by atoms with Crippen LogP contribution in [-0.4, -0.2) is 30.2 Å². The average molecular weight is 344 g/mol. The van der Waals surface area contributed by atoms with Gasteiger partial charge < -0.3 is 10.2 Å². The van der Waals surface area contributed by atoms with E-state index in [2.05, 4.69) is 26.1 Å². The lowest BCUT2D eigenvalue weighted by Gasteiger charge is -2.30. The summed E-state index contributed by atoms with van der Waals surface area (Å²) >= 11 is 0. The third kappa shape index (κ3) is 7.70. The van der Waals surface area contributed by atoms with E-state index in [0.717, 1.165) is 5.56 Å². The molecule has 6 heteroatoms. The summed E-state index contributed by atoms with van der Waals surface area (Å²) in [6, 6.07) is 8.81. The summed E-state index contributed by atoms with van der Waals surface area (Å²) < 4.78 is 37.2. The molecule has 0 aliphatic carbocycles. The number of benzene rings is 1. The number of nitrogens with one attached hydrogen (secondary N) is 1. The van der Waals surface area contributed by atoms with Crippen LogP contribution in [0.15, 0.2) is 30.3 Å². The molecule has 0 radical (unpaired) electrons. The van der Waals surface area contributed by atoms with Crippen molar-refractivity contribution in [3.05, 3.63) is 35.9 Å². The van der Waals surface area contributed by atoms with Crippen molar-refractivity contribution in [3.8, 4) is 0 Å². The van der Waals surface area contributed by atoms with Gasteiger partial charge in [0.25, 0.3) is 0 Å². The van der Waals surface area contributed by atoms with Crippen molar-refractivity contribution in [3.63, 3.8) is 0 Å². The Morgan fingerprint density at radius 1 is 1.17 bits per heavy atom. The fraction of sp³-hybridized carbons (Fsp3) is 0.611. The Kier molecular flexibility index (Phi) is 7.11. The van der Waals surface area contributed by atoms with Gasteiger partial charge in [-0.25, -0.2) is 4.79 Å². The number of rotatable bonds is 6. The number of nitrogens with zero attached hydrogens (tertiary/aromatic N) is 1. The molecule has 1 unspecified atom stereocenters. The normalized spacial score (nSPS) is 13.5. The van der Waals surface area contributed by atoms with Gasteiger partial charge in [-0.2, -0.15) is 13.2 Å². The Morgan fingerprint density at radius 3 is 2.21 bits per heavy atom. The minimum Gasteiger partial charge on any atom is -0.331 e. The van der Waals surface area contributed by atoms with E-state index in [1.54, 1.807) is 6.92 Å². The molecule has 0 saturated carbocycles. The molecule has 1 rings (SSSR count). The van der Waals surface area contributed by atoms with Crippen molar-refractivity contribution < 1.29 is 18.0 Å². The van der Waals surface area contributed by atoms with E-state index in [1.165, 1.54) is 4.90 Å². The van der Waals surface area contributed by atoms with E-state index in [9.17, 15) is 18.0 Å². The van der Waals surface area contributed by atoms with E-state index < -0.39 is 18.6 Å². The number of alkyl halides is 3. The van der Waals surface area contributed by atoms with Crippen molar-refractivity contribution in [1.82, 2.24) is 10.2 Å². The number of amides is 2. The predicted octanol–water partition coefficient (Wildman–Crippen LogP) is 5.15. The first-order valence-electron chi connectivity index (χ1n) is 8.19. The summed E-state index contributed by atoms with van der Waals surface area (Å²) in [7, 11) is 0. The largest absolute Gasteiger partial charge is 0.390 e. The summed E-state index contributed by atoms with van der Waals surface area (Å²) in [5.41, 5.74) is 0.921. The van der Waals surface area contributed by atoms with Crippen molar-refractivity contribution in [1.29, 1.82) is 0 Å². The molecule has 1 atom stereocenters. The highest BCUT2D eigenvalue weighted by molar-refractivity contribution is 5.74. The molecule has 24 heavy (non-hydrogen) atoms. The average Bonchev–Trinajstić information content (AvgIpc) is 2.45. The van der Waals surface area contributed by atoms with Crippen LogP contribution < -0.4 is 5.32 Å². The second-order valence-electron chi connectivity index (χ2n) is 7.12. The van der Waals surface area contributed by atoms with Crippen LogP contribution in [0.5, 0.6) is 0 Å². The zero-order valence-corrected chi connectivity index (χ0v) is 14.8. The van der Waals surface area contributed by atoms with Gasteiger partial charge in [-0.05, 0) is 24.3 Å². The monoisotopic (exact) mass is 344 g/mol. The van der Waals surface area contributed by atoms with Gasteiger partial charge in [0.2, 0.25) is 0 Å². The maximum atomic E-state index is 12.4. The molecular weight excluding hydrogens is 317 g/mol. The SMILES string of the molecule is CCN(CCC(F)(F)F)C(=O)NC(CC(C)(C)C)c1ccccc1. The molecular formula is C18H27F3N2O. The lowest BCUT2D eigenvalue weighted by molar-refractivity contribution is -0.136. The van der Waals surface area contributed by atoms with E-state index in [-0.39, 0.29) is 24.5 Å². The molecule has 0 fully saturated rings. The molecule has 1 N–H and O–H groups in total. The molecule has 0 aliphatic rings. The van der Waals surface area contributed by atoms with Gasteiger partial charge in [-0.1, -0.05) is 51.1 Å². The molecule has 0 saturated heterocycles. The van der Waals surface area contributed by atoms with Crippen LogP contribution in [0.1, 0.15) is 52.1 Å². The summed E-state index contributed by atoms with van der Waals surface area (Å²) in [5.74, 6) is 0. The first kappa shape index (κ1) is 20.3. The lowest BCUT2D eigenvalue weighted by Crippen LogP contribution is -2.43. The number of hydrogen-bond donors (Lipinski definition) is 1. The quantitative estimate of drug-likeness (QED) is 0.761. The number of carbonyl (C=O) groups excluding carboxylic acids is 1. The summed E-state index contributed by atoms with van der Waals surface area (Å²) in [6.45, 7) is 7.78. The molecule has 3 nitrogen and oxygen atoms in total. The number of urea groups is 1. The minimum absolute atomic E-state index is 0.0310. The number of halogens is 3. The number of carbonyl (C=O) groups is 1. The first-order chi connectivity index (χ1) is 11.0. The van der Waals surface area contributed by atoms with Gasteiger partial charge in [0, 0.05) is 13.1 Å². The van der Waals surface area contributed by atoms with Crippen LogP contribution in [0, 0.1) is 5.41 Å². The van der Waals surface area contributed by atoms with E-state index in [1.807, 2.05) is 30.3 Å². The second kappa shape index (κ2) is 8.40. The molecule has 0 aliphatic heterocycles. The van der Waals surface area contributed by atoms with Crippen molar-refractivity contribution in [2.24, 2.45) is 5.41 Å². The molecule has 0 heterocycles. The van der Waals surface area contributed by atoms with Crippen LogP contribution in [0.4, 0.5) is 18.0 Å². The van der Waals surface area contributed by atoms with E-state index in [0.29, 0.717) is 6.42 Å². The Balaban J connectivity index is 2.82. The van der Waals surface area contributed by atoms with Gasteiger partial charge >= 0.3 is 12.2 Å². The molecule has 0 spiro atoms. The molecule has 2 amide bonds. The summed E-state index contributed by atoms with van der Waals surface area (Å²) in [4.78, 5) is 13.6. The van der Waals surface area contributed by atoms with E-state index >= 15 is 0 Å².